The molecular weight excluding hydrogens is 286 g/mol. The van der Waals surface area contributed by atoms with Gasteiger partial charge in [0.05, 0.1) is 0 Å². The van der Waals surface area contributed by atoms with Gasteiger partial charge in [-0.05, 0) is 41.6 Å². The van der Waals surface area contributed by atoms with Crippen LogP contribution in [-0.4, -0.2) is 11.9 Å². The zero-order chi connectivity index (χ0) is 15.8. The summed E-state index contributed by atoms with van der Waals surface area (Å²) in [7, 11) is 0. The van der Waals surface area contributed by atoms with Gasteiger partial charge >= 0.3 is 11.9 Å². The van der Waals surface area contributed by atoms with Crippen molar-refractivity contribution >= 4 is 17.6 Å². The zero-order valence-electron chi connectivity index (χ0n) is 11.3. The first-order valence-corrected chi connectivity index (χ1v) is 6.27. The number of hydrogen-bond acceptors (Lipinski definition) is 6. The molecule has 0 aliphatic heterocycles. The monoisotopic (exact) mass is 297 g/mol. The van der Waals surface area contributed by atoms with Crippen molar-refractivity contribution in [3.05, 3.63) is 71.7 Å². The average Bonchev–Trinajstić information content (AvgIpc) is 2.55. The molecule has 0 aliphatic rings. The zero-order valence-corrected chi connectivity index (χ0v) is 11.3. The molecule has 6 heteroatoms. The van der Waals surface area contributed by atoms with Crippen molar-refractivity contribution in [3.63, 3.8) is 0 Å². The standard InChI is InChI=1S/C16H11NO5/c18-15(21-13-4-2-1-3-5-13)10-11-16(19)22-14-8-6-12(17-20)7-9-14/h1-11H/b11-10+. The van der Waals surface area contributed by atoms with Gasteiger partial charge in [0.25, 0.3) is 0 Å². The van der Waals surface area contributed by atoms with Crippen LogP contribution in [-0.2, 0) is 9.59 Å². The molecule has 0 saturated carbocycles. The minimum atomic E-state index is -0.739. The van der Waals surface area contributed by atoms with Crippen molar-refractivity contribution < 1.29 is 19.1 Å². The molecule has 0 aromatic heterocycles. The molecule has 0 atom stereocenters. The van der Waals surface area contributed by atoms with Crippen molar-refractivity contribution in [2.45, 2.75) is 0 Å². The van der Waals surface area contributed by atoms with Crippen molar-refractivity contribution in [3.8, 4) is 11.5 Å². The molecule has 0 radical (unpaired) electrons. The molecule has 0 unspecified atom stereocenters. The topological polar surface area (TPSA) is 82.0 Å². The Morgan fingerprint density at radius 1 is 0.773 bits per heavy atom. The van der Waals surface area contributed by atoms with E-state index in [0.717, 1.165) is 12.2 Å². The van der Waals surface area contributed by atoms with E-state index in [4.69, 9.17) is 9.47 Å². The second-order valence-electron chi connectivity index (χ2n) is 4.07. The second-order valence-corrected chi connectivity index (χ2v) is 4.07. The van der Waals surface area contributed by atoms with Crippen LogP contribution in [0.4, 0.5) is 5.69 Å². The summed E-state index contributed by atoms with van der Waals surface area (Å²) < 4.78 is 9.90. The van der Waals surface area contributed by atoms with Crippen LogP contribution in [0.25, 0.3) is 0 Å². The van der Waals surface area contributed by atoms with E-state index in [1.807, 2.05) is 0 Å². The van der Waals surface area contributed by atoms with Crippen LogP contribution in [0.3, 0.4) is 0 Å². The summed E-state index contributed by atoms with van der Waals surface area (Å²) in [6.45, 7) is 0. The van der Waals surface area contributed by atoms with Gasteiger partial charge in [-0.25, -0.2) is 9.59 Å². The Morgan fingerprint density at radius 3 is 1.77 bits per heavy atom. The molecule has 6 nitrogen and oxygen atoms in total. The SMILES string of the molecule is O=Nc1ccc(OC(=O)/C=C/C(=O)Oc2ccccc2)cc1. The molecule has 2 aromatic rings. The number of rotatable bonds is 5. The molecule has 0 fully saturated rings. The lowest BCUT2D eigenvalue weighted by Crippen LogP contribution is -2.08. The molecular formula is C16H11NO5. The predicted molar refractivity (Wildman–Crippen MR) is 78.7 cm³/mol. The van der Waals surface area contributed by atoms with Gasteiger partial charge in [0.2, 0.25) is 0 Å². The number of esters is 2. The first-order valence-electron chi connectivity index (χ1n) is 6.27. The molecule has 22 heavy (non-hydrogen) atoms. The summed E-state index contributed by atoms with van der Waals surface area (Å²) in [6, 6.07) is 14.1. The van der Waals surface area contributed by atoms with Crippen molar-refractivity contribution in [2.75, 3.05) is 0 Å². The Bertz CT molecular complexity index is 692. The summed E-state index contributed by atoms with van der Waals surface area (Å²) in [5.41, 5.74) is 0.224. The summed E-state index contributed by atoms with van der Waals surface area (Å²) in [4.78, 5) is 33.3. The highest BCUT2D eigenvalue weighted by Gasteiger charge is 2.04. The molecule has 0 aliphatic carbocycles. The largest absolute Gasteiger partial charge is 0.423 e. The molecule has 2 aromatic carbocycles. The molecule has 0 saturated heterocycles. The molecule has 0 spiro atoms. The number of para-hydroxylation sites is 1. The lowest BCUT2D eigenvalue weighted by molar-refractivity contribution is -0.131. The molecule has 110 valence electrons. The third-order valence-corrected chi connectivity index (χ3v) is 2.48. The molecule has 0 heterocycles. The van der Waals surface area contributed by atoms with Gasteiger partial charge < -0.3 is 9.47 Å². The third kappa shape index (κ3) is 4.68. The Morgan fingerprint density at radius 2 is 1.27 bits per heavy atom. The van der Waals surface area contributed by atoms with Crippen LogP contribution in [0.1, 0.15) is 0 Å². The Balaban J connectivity index is 1.87. The van der Waals surface area contributed by atoms with Crippen LogP contribution in [0.5, 0.6) is 11.5 Å². The van der Waals surface area contributed by atoms with Gasteiger partial charge in [-0.15, -0.1) is 4.91 Å². The maximum Gasteiger partial charge on any atom is 0.336 e. The number of hydrogen-bond donors (Lipinski definition) is 0. The van der Waals surface area contributed by atoms with E-state index in [-0.39, 0.29) is 11.4 Å². The van der Waals surface area contributed by atoms with Crippen LogP contribution in [0.15, 0.2) is 71.9 Å². The number of carbonyl (C=O) groups excluding carboxylic acids is 2. The summed E-state index contributed by atoms with van der Waals surface area (Å²) in [5.74, 6) is -0.818. The fourth-order valence-corrected chi connectivity index (χ4v) is 1.50. The normalized spacial score (nSPS) is 10.2. The second kappa shape index (κ2) is 7.49. The molecule has 2 rings (SSSR count). The third-order valence-electron chi connectivity index (χ3n) is 2.48. The lowest BCUT2D eigenvalue weighted by atomic mass is 10.3. The molecule has 0 N–H and O–H groups in total. The average molecular weight is 297 g/mol. The van der Waals surface area contributed by atoms with Gasteiger partial charge in [0.15, 0.2) is 0 Å². The summed E-state index contributed by atoms with van der Waals surface area (Å²) in [5, 5.41) is 2.72. The highest BCUT2D eigenvalue weighted by molar-refractivity contribution is 5.93. The fourth-order valence-electron chi connectivity index (χ4n) is 1.50. The first kappa shape index (κ1) is 15.1. The number of nitrogens with zero attached hydrogens (tertiary/aromatic N) is 1. The van der Waals surface area contributed by atoms with E-state index in [1.165, 1.54) is 24.3 Å². The number of carbonyl (C=O) groups is 2. The Hall–Kier alpha value is -3.28. The lowest BCUT2D eigenvalue weighted by Gasteiger charge is -2.01. The quantitative estimate of drug-likeness (QED) is 0.366. The van der Waals surface area contributed by atoms with Crippen molar-refractivity contribution in [1.29, 1.82) is 0 Å². The predicted octanol–water partition coefficient (Wildman–Crippen LogP) is 3.15. The van der Waals surface area contributed by atoms with E-state index in [9.17, 15) is 14.5 Å². The van der Waals surface area contributed by atoms with E-state index in [2.05, 4.69) is 5.18 Å². The van der Waals surface area contributed by atoms with Gasteiger partial charge in [0.1, 0.15) is 17.2 Å². The van der Waals surface area contributed by atoms with Gasteiger partial charge in [-0.3, -0.25) is 0 Å². The van der Waals surface area contributed by atoms with E-state index in [1.54, 1.807) is 30.3 Å². The highest BCUT2D eigenvalue weighted by Crippen LogP contribution is 2.17. The maximum atomic E-state index is 11.5. The molecule has 0 bridgehead atoms. The van der Waals surface area contributed by atoms with Crippen molar-refractivity contribution in [2.24, 2.45) is 5.18 Å². The fraction of sp³-hybridized carbons (Fsp3) is 0. The number of ether oxygens (including phenoxy) is 2. The van der Waals surface area contributed by atoms with E-state index < -0.39 is 11.9 Å². The molecule has 0 amide bonds. The van der Waals surface area contributed by atoms with Gasteiger partial charge in [0, 0.05) is 12.2 Å². The van der Waals surface area contributed by atoms with Crippen molar-refractivity contribution in [1.82, 2.24) is 0 Å². The smallest absolute Gasteiger partial charge is 0.336 e. The number of benzene rings is 2. The highest BCUT2D eigenvalue weighted by atomic mass is 16.5. The van der Waals surface area contributed by atoms with Gasteiger partial charge in [-0.2, -0.15) is 0 Å². The first-order chi connectivity index (χ1) is 10.7. The minimum Gasteiger partial charge on any atom is -0.423 e. The van der Waals surface area contributed by atoms with Crippen LogP contribution < -0.4 is 9.47 Å². The van der Waals surface area contributed by atoms with Crippen LogP contribution >= 0.6 is 0 Å². The maximum absolute atomic E-state index is 11.5. The summed E-state index contributed by atoms with van der Waals surface area (Å²) in [6.07, 6.45) is 1.92. The van der Waals surface area contributed by atoms with Crippen LogP contribution in [0, 0.1) is 4.91 Å². The van der Waals surface area contributed by atoms with Crippen LogP contribution in [0.2, 0.25) is 0 Å². The van der Waals surface area contributed by atoms with Gasteiger partial charge in [-0.1, -0.05) is 18.2 Å². The van der Waals surface area contributed by atoms with E-state index in [0.29, 0.717) is 5.75 Å². The Kier molecular flexibility index (Phi) is 5.15. The summed E-state index contributed by atoms with van der Waals surface area (Å²) >= 11 is 0. The minimum absolute atomic E-state index is 0.224. The Labute approximate surface area is 126 Å². The number of nitroso groups, excluding NO2 is 1. The van der Waals surface area contributed by atoms with E-state index >= 15 is 0 Å².